The van der Waals surface area contributed by atoms with E-state index < -0.39 is 8.07 Å². The molecule has 0 bridgehead atoms. The van der Waals surface area contributed by atoms with E-state index in [2.05, 4.69) is 67.2 Å². The van der Waals surface area contributed by atoms with Crippen molar-refractivity contribution in [2.24, 2.45) is 0 Å². The SMILES string of the molecule is CC(=O)Oc1cc(C)c(OC[Si](C)(c2ccccc2)c2ccccc2)c(C)c1C. The first kappa shape index (κ1) is 20.9. The second kappa shape index (κ2) is 8.66. The van der Waals surface area contributed by atoms with Gasteiger partial charge in [-0.25, -0.2) is 0 Å². The molecule has 0 N–H and O–H groups in total. The van der Waals surface area contributed by atoms with E-state index in [0.29, 0.717) is 12.0 Å². The number of rotatable bonds is 6. The van der Waals surface area contributed by atoms with E-state index in [9.17, 15) is 4.79 Å². The zero-order valence-corrected chi connectivity index (χ0v) is 18.8. The molecule has 0 aliphatic rings. The van der Waals surface area contributed by atoms with Crippen LogP contribution in [0.15, 0.2) is 66.7 Å². The average molecular weight is 405 g/mol. The van der Waals surface area contributed by atoms with Gasteiger partial charge in [-0.2, -0.15) is 0 Å². The summed E-state index contributed by atoms with van der Waals surface area (Å²) in [6.45, 7) is 9.76. The van der Waals surface area contributed by atoms with E-state index in [1.807, 2.05) is 26.8 Å². The minimum Gasteiger partial charge on any atom is -0.496 e. The highest BCUT2D eigenvalue weighted by Crippen LogP contribution is 2.33. The van der Waals surface area contributed by atoms with Crippen molar-refractivity contribution >= 4 is 24.4 Å². The Balaban J connectivity index is 1.97. The zero-order chi connectivity index (χ0) is 21.0. The van der Waals surface area contributed by atoms with Crippen molar-refractivity contribution in [1.29, 1.82) is 0 Å². The number of hydrogen-bond donors (Lipinski definition) is 0. The molecular weight excluding hydrogens is 376 g/mol. The van der Waals surface area contributed by atoms with Crippen LogP contribution in [-0.4, -0.2) is 20.3 Å². The summed E-state index contributed by atoms with van der Waals surface area (Å²) in [5, 5.41) is 2.68. The van der Waals surface area contributed by atoms with Crippen LogP contribution in [0.3, 0.4) is 0 Å². The molecule has 0 spiro atoms. The number of benzene rings is 3. The summed E-state index contributed by atoms with van der Waals surface area (Å²) < 4.78 is 11.9. The highest BCUT2D eigenvalue weighted by Gasteiger charge is 2.33. The first-order chi connectivity index (χ1) is 13.8. The van der Waals surface area contributed by atoms with Crippen LogP contribution < -0.4 is 19.8 Å². The molecule has 0 radical (unpaired) electrons. The van der Waals surface area contributed by atoms with Crippen molar-refractivity contribution in [3.8, 4) is 11.5 Å². The van der Waals surface area contributed by atoms with Gasteiger partial charge in [-0.3, -0.25) is 4.79 Å². The Labute approximate surface area is 174 Å². The molecule has 0 saturated heterocycles. The number of aryl methyl sites for hydroxylation is 1. The zero-order valence-electron chi connectivity index (χ0n) is 17.8. The van der Waals surface area contributed by atoms with Crippen molar-refractivity contribution in [2.45, 2.75) is 34.2 Å². The van der Waals surface area contributed by atoms with Gasteiger partial charge in [0.1, 0.15) is 11.5 Å². The highest BCUT2D eigenvalue weighted by atomic mass is 28.3. The molecule has 4 heteroatoms. The number of ether oxygens (including phenoxy) is 2. The molecule has 3 aromatic rings. The molecule has 3 nitrogen and oxygen atoms in total. The number of esters is 1. The summed E-state index contributed by atoms with van der Waals surface area (Å²) in [7, 11) is -2.10. The lowest BCUT2D eigenvalue weighted by Gasteiger charge is -2.29. The van der Waals surface area contributed by atoms with E-state index in [0.717, 1.165) is 22.4 Å². The van der Waals surface area contributed by atoms with Gasteiger partial charge in [0.15, 0.2) is 8.07 Å². The molecule has 29 heavy (non-hydrogen) atoms. The fourth-order valence-electron chi connectivity index (χ4n) is 3.67. The Morgan fingerprint density at radius 3 is 1.86 bits per heavy atom. The number of carbonyl (C=O) groups is 1. The molecule has 0 aliphatic carbocycles. The minimum absolute atomic E-state index is 0.311. The van der Waals surface area contributed by atoms with E-state index in [-0.39, 0.29) is 5.97 Å². The maximum absolute atomic E-state index is 11.4. The predicted octanol–water partition coefficient (Wildman–Crippen LogP) is 4.35. The average Bonchev–Trinajstić information content (AvgIpc) is 2.72. The molecule has 150 valence electrons. The van der Waals surface area contributed by atoms with Crippen molar-refractivity contribution in [2.75, 3.05) is 6.23 Å². The molecule has 0 aliphatic heterocycles. The van der Waals surface area contributed by atoms with Gasteiger partial charge < -0.3 is 9.47 Å². The monoisotopic (exact) mass is 404 g/mol. The lowest BCUT2D eigenvalue weighted by Crippen LogP contribution is -2.60. The normalized spacial score (nSPS) is 11.2. The van der Waals surface area contributed by atoms with Gasteiger partial charge in [0.25, 0.3) is 0 Å². The van der Waals surface area contributed by atoms with E-state index in [1.54, 1.807) is 0 Å². The van der Waals surface area contributed by atoms with Crippen LogP contribution in [0.25, 0.3) is 0 Å². The fraction of sp³-hybridized carbons (Fsp3) is 0.240. The Kier molecular flexibility index (Phi) is 6.23. The topological polar surface area (TPSA) is 35.5 Å². The third kappa shape index (κ3) is 4.43. The third-order valence-corrected chi connectivity index (χ3v) is 9.50. The third-order valence-electron chi connectivity index (χ3n) is 5.56. The van der Waals surface area contributed by atoms with E-state index in [1.165, 1.54) is 17.3 Å². The summed E-state index contributed by atoms with van der Waals surface area (Å²) in [6.07, 6.45) is 0.634. The Hall–Kier alpha value is -2.85. The van der Waals surface area contributed by atoms with Gasteiger partial charge in [-0.05, 0) is 43.5 Å². The number of hydrogen-bond acceptors (Lipinski definition) is 3. The van der Waals surface area contributed by atoms with Gasteiger partial charge in [-0.1, -0.05) is 77.6 Å². The van der Waals surface area contributed by atoms with Crippen LogP contribution in [0.2, 0.25) is 6.55 Å². The molecular formula is C25H28O3Si. The maximum atomic E-state index is 11.4. The molecule has 0 atom stereocenters. The van der Waals surface area contributed by atoms with E-state index >= 15 is 0 Å². The van der Waals surface area contributed by atoms with Crippen molar-refractivity contribution in [1.82, 2.24) is 0 Å². The smallest absolute Gasteiger partial charge is 0.308 e. The van der Waals surface area contributed by atoms with Gasteiger partial charge in [0, 0.05) is 6.92 Å². The van der Waals surface area contributed by atoms with Crippen LogP contribution in [0, 0.1) is 20.8 Å². The molecule has 3 rings (SSSR count). The Morgan fingerprint density at radius 2 is 1.38 bits per heavy atom. The second-order valence-corrected chi connectivity index (χ2v) is 11.8. The molecule has 0 fully saturated rings. The van der Waals surface area contributed by atoms with Gasteiger partial charge in [0.05, 0.1) is 6.23 Å². The van der Waals surface area contributed by atoms with Crippen LogP contribution in [0.5, 0.6) is 11.5 Å². The predicted molar refractivity (Wildman–Crippen MR) is 121 cm³/mol. The molecule has 0 aromatic heterocycles. The van der Waals surface area contributed by atoms with Crippen molar-refractivity contribution < 1.29 is 14.3 Å². The Bertz CT molecular complexity index is 958. The van der Waals surface area contributed by atoms with Crippen molar-refractivity contribution in [3.63, 3.8) is 0 Å². The van der Waals surface area contributed by atoms with Crippen LogP contribution in [-0.2, 0) is 4.79 Å². The Morgan fingerprint density at radius 1 is 0.862 bits per heavy atom. The molecule has 0 heterocycles. The summed E-state index contributed by atoms with van der Waals surface area (Å²) in [6, 6.07) is 23.2. The highest BCUT2D eigenvalue weighted by molar-refractivity contribution is 7.01. The summed E-state index contributed by atoms with van der Waals surface area (Å²) in [5.74, 6) is 1.17. The molecule has 0 amide bonds. The maximum Gasteiger partial charge on any atom is 0.308 e. The lowest BCUT2D eigenvalue weighted by atomic mass is 10.0. The van der Waals surface area contributed by atoms with Gasteiger partial charge >= 0.3 is 5.97 Å². The van der Waals surface area contributed by atoms with Gasteiger partial charge in [0.2, 0.25) is 0 Å². The summed E-state index contributed by atoms with van der Waals surface area (Å²) in [4.78, 5) is 11.4. The lowest BCUT2D eigenvalue weighted by molar-refractivity contribution is -0.131. The van der Waals surface area contributed by atoms with Crippen LogP contribution in [0.4, 0.5) is 0 Å². The van der Waals surface area contributed by atoms with Crippen LogP contribution in [0.1, 0.15) is 23.6 Å². The van der Waals surface area contributed by atoms with Gasteiger partial charge in [-0.15, -0.1) is 0 Å². The molecule has 0 unspecified atom stereocenters. The summed E-state index contributed by atoms with van der Waals surface area (Å²) in [5.41, 5.74) is 2.92. The summed E-state index contributed by atoms with van der Waals surface area (Å²) >= 11 is 0. The minimum atomic E-state index is -2.10. The fourth-order valence-corrected chi connectivity index (χ4v) is 6.62. The first-order valence-electron chi connectivity index (χ1n) is 9.86. The largest absolute Gasteiger partial charge is 0.496 e. The number of carbonyl (C=O) groups excluding carboxylic acids is 1. The second-order valence-electron chi connectivity index (χ2n) is 7.72. The van der Waals surface area contributed by atoms with Crippen LogP contribution >= 0.6 is 0 Å². The molecule has 0 saturated carbocycles. The quantitative estimate of drug-likeness (QED) is 0.348. The molecule has 3 aromatic carbocycles. The standard InChI is InChI=1S/C25H28O3Si/c1-18-16-24(28-21(4)26)19(2)20(3)25(18)27-17-29(5,22-12-8-6-9-13-22)23-14-10-7-11-15-23/h6-16H,17H2,1-5H3. The van der Waals surface area contributed by atoms with E-state index in [4.69, 9.17) is 9.47 Å². The van der Waals surface area contributed by atoms with Crippen molar-refractivity contribution in [3.05, 3.63) is 83.4 Å². The first-order valence-corrected chi connectivity index (χ1v) is 12.6.